The summed E-state index contributed by atoms with van der Waals surface area (Å²) in [6, 6.07) is 0. The number of nitrogen functional groups attached to an aromatic ring is 1. The summed E-state index contributed by atoms with van der Waals surface area (Å²) in [5.74, 6) is 5.24. The number of aryl methyl sites for hydroxylation is 2. The lowest BCUT2D eigenvalue weighted by Gasteiger charge is -2.02. The molecule has 0 aromatic carbocycles. The van der Waals surface area contributed by atoms with Crippen LogP contribution in [0.4, 0.5) is 5.82 Å². The van der Waals surface area contributed by atoms with Crippen LogP contribution < -0.4 is 11.3 Å². The number of carbonyl (C=O) groups excluding carboxylic acids is 1. The van der Waals surface area contributed by atoms with Gasteiger partial charge >= 0.3 is 5.97 Å². The number of esters is 1. The van der Waals surface area contributed by atoms with Gasteiger partial charge in [0.05, 0.1) is 12.8 Å². The Hall–Kier alpha value is -1.56. The standard InChI is InChI=1S/C7H12N4O2/c1-4-5(7(12)13-3)6(9-8)11(2)10-4/h9H,8H2,1-3H3. The number of methoxy groups -OCH3 is 1. The van der Waals surface area contributed by atoms with Gasteiger partial charge in [-0.1, -0.05) is 0 Å². The summed E-state index contributed by atoms with van der Waals surface area (Å²) >= 11 is 0. The molecule has 72 valence electrons. The Kier molecular flexibility index (Phi) is 2.52. The van der Waals surface area contributed by atoms with Crippen LogP contribution in [0, 0.1) is 6.92 Å². The van der Waals surface area contributed by atoms with Crippen LogP contribution in [0.1, 0.15) is 16.1 Å². The van der Waals surface area contributed by atoms with E-state index in [1.54, 1.807) is 14.0 Å². The predicted molar refractivity (Wildman–Crippen MR) is 47.1 cm³/mol. The van der Waals surface area contributed by atoms with Crippen molar-refractivity contribution in [2.75, 3.05) is 12.5 Å². The minimum Gasteiger partial charge on any atom is -0.465 e. The van der Waals surface area contributed by atoms with Crippen molar-refractivity contribution in [1.29, 1.82) is 0 Å². The second kappa shape index (κ2) is 3.44. The molecule has 0 radical (unpaired) electrons. The first-order valence-corrected chi connectivity index (χ1v) is 3.70. The number of hydrazine groups is 1. The minimum absolute atomic E-state index is 0.368. The van der Waals surface area contributed by atoms with Crippen LogP contribution in [0.2, 0.25) is 0 Å². The molecule has 1 rings (SSSR count). The topological polar surface area (TPSA) is 82.2 Å². The van der Waals surface area contributed by atoms with Crippen LogP contribution in [-0.2, 0) is 11.8 Å². The number of nitrogens with zero attached hydrogens (tertiary/aromatic N) is 2. The summed E-state index contributed by atoms with van der Waals surface area (Å²) in [6.45, 7) is 1.72. The van der Waals surface area contributed by atoms with Crippen molar-refractivity contribution in [3.63, 3.8) is 0 Å². The number of nitrogens with one attached hydrogen (secondary N) is 1. The van der Waals surface area contributed by atoms with E-state index >= 15 is 0 Å². The first-order chi connectivity index (χ1) is 6.11. The molecule has 0 aliphatic heterocycles. The van der Waals surface area contributed by atoms with Crippen LogP contribution in [0.3, 0.4) is 0 Å². The fraction of sp³-hybridized carbons (Fsp3) is 0.429. The van der Waals surface area contributed by atoms with Crippen molar-refractivity contribution in [3.8, 4) is 0 Å². The van der Waals surface area contributed by atoms with Gasteiger partial charge in [-0.25, -0.2) is 10.6 Å². The lowest BCUT2D eigenvalue weighted by molar-refractivity contribution is 0.0601. The van der Waals surface area contributed by atoms with Crippen LogP contribution in [-0.4, -0.2) is 22.9 Å². The molecule has 1 heterocycles. The van der Waals surface area contributed by atoms with E-state index in [2.05, 4.69) is 15.3 Å². The number of ether oxygens (including phenoxy) is 1. The van der Waals surface area contributed by atoms with Crippen molar-refractivity contribution in [3.05, 3.63) is 11.3 Å². The van der Waals surface area contributed by atoms with E-state index in [9.17, 15) is 4.79 Å². The van der Waals surface area contributed by atoms with Gasteiger partial charge in [-0.15, -0.1) is 0 Å². The number of carbonyl (C=O) groups is 1. The van der Waals surface area contributed by atoms with Gasteiger partial charge in [0.2, 0.25) is 0 Å². The van der Waals surface area contributed by atoms with Gasteiger partial charge in [0.15, 0.2) is 5.82 Å². The molecule has 0 aliphatic carbocycles. The third kappa shape index (κ3) is 1.48. The summed E-state index contributed by atoms with van der Waals surface area (Å²) in [5.41, 5.74) is 3.35. The Morgan fingerprint density at radius 2 is 2.31 bits per heavy atom. The van der Waals surface area contributed by atoms with E-state index in [0.29, 0.717) is 17.1 Å². The highest BCUT2D eigenvalue weighted by molar-refractivity contribution is 5.95. The Bertz CT molecular complexity index is 331. The van der Waals surface area contributed by atoms with Crippen LogP contribution in [0.5, 0.6) is 0 Å². The highest BCUT2D eigenvalue weighted by Crippen LogP contribution is 2.17. The Morgan fingerprint density at radius 3 is 2.77 bits per heavy atom. The normalized spacial score (nSPS) is 9.85. The smallest absolute Gasteiger partial charge is 0.343 e. The zero-order chi connectivity index (χ0) is 10.0. The molecule has 0 aliphatic rings. The maximum Gasteiger partial charge on any atom is 0.343 e. The summed E-state index contributed by atoms with van der Waals surface area (Å²) in [6.07, 6.45) is 0. The van der Waals surface area contributed by atoms with E-state index in [1.807, 2.05) is 0 Å². The molecule has 3 N–H and O–H groups in total. The van der Waals surface area contributed by atoms with Crippen LogP contribution >= 0.6 is 0 Å². The number of hydrogen-bond acceptors (Lipinski definition) is 5. The summed E-state index contributed by atoms with van der Waals surface area (Å²) in [7, 11) is 3.00. The second-order valence-corrected chi connectivity index (χ2v) is 2.57. The quantitative estimate of drug-likeness (QED) is 0.378. The average molecular weight is 184 g/mol. The molecule has 1 aromatic rings. The number of hydrogen-bond donors (Lipinski definition) is 2. The molecule has 6 heteroatoms. The zero-order valence-electron chi connectivity index (χ0n) is 7.79. The Balaban J connectivity index is 3.24. The van der Waals surface area contributed by atoms with Crippen LogP contribution in [0.25, 0.3) is 0 Å². The lowest BCUT2D eigenvalue weighted by atomic mass is 10.2. The molecule has 13 heavy (non-hydrogen) atoms. The molecule has 0 saturated carbocycles. The van der Waals surface area contributed by atoms with Gasteiger partial charge in [0.1, 0.15) is 5.56 Å². The minimum atomic E-state index is -0.446. The highest BCUT2D eigenvalue weighted by atomic mass is 16.5. The monoisotopic (exact) mass is 184 g/mol. The molecule has 0 amide bonds. The van der Waals surface area contributed by atoms with Crippen molar-refractivity contribution in [2.24, 2.45) is 12.9 Å². The van der Waals surface area contributed by atoms with E-state index < -0.39 is 5.97 Å². The predicted octanol–water partition coefficient (Wildman–Crippen LogP) is -0.199. The summed E-state index contributed by atoms with van der Waals surface area (Å²) in [4.78, 5) is 11.3. The third-order valence-electron chi connectivity index (χ3n) is 1.75. The molecule has 0 fully saturated rings. The molecule has 6 nitrogen and oxygen atoms in total. The average Bonchev–Trinajstić information content (AvgIpc) is 2.39. The fourth-order valence-electron chi connectivity index (χ4n) is 1.17. The molecule has 0 spiro atoms. The van der Waals surface area contributed by atoms with Crippen molar-refractivity contribution < 1.29 is 9.53 Å². The highest BCUT2D eigenvalue weighted by Gasteiger charge is 2.19. The van der Waals surface area contributed by atoms with E-state index in [4.69, 9.17) is 5.84 Å². The second-order valence-electron chi connectivity index (χ2n) is 2.57. The van der Waals surface area contributed by atoms with E-state index in [0.717, 1.165) is 0 Å². The van der Waals surface area contributed by atoms with E-state index in [1.165, 1.54) is 11.8 Å². The van der Waals surface area contributed by atoms with Crippen molar-refractivity contribution in [2.45, 2.75) is 6.92 Å². The number of nitrogens with two attached hydrogens (primary N) is 1. The molecule has 0 saturated heterocycles. The summed E-state index contributed by atoms with van der Waals surface area (Å²) in [5, 5.41) is 4.02. The molecule has 0 atom stereocenters. The number of anilines is 1. The lowest BCUT2D eigenvalue weighted by Crippen LogP contribution is -2.15. The maximum atomic E-state index is 11.3. The third-order valence-corrected chi connectivity index (χ3v) is 1.75. The van der Waals surface area contributed by atoms with Gasteiger partial charge < -0.3 is 10.2 Å². The largest absolute Gasteiger partial charge is 0.465 e. The van der Waals surface area contributed by atoms with Gasteiger partial charge in [0, 0.05) is 7.05 Å². The van der Waals surface area contributed by atoms with Gasteiger partial charge in [-0.05, 0) is 6.92 Å². The van der Waals surface area contributed by atoms with Crippen LogP contribution in [0.15, 0.2) is 0 Å². The Morgan fingerprint density at radius 1 is 1.69 bits per heavy atom. The zero-order valence-corrected chi connectivity index (χ0v) is 7.79. The van der Waals surface area contributed by atoms with Gasteiger partial charge in [0.25, 0.3) is 0 Å². The summed E-state index contributed by atoms with van der Waals surface area (Å²) < 4.78 is 6.07. The SMILES string of the molecule is COC(=O)c1c(C)nn(C)c1NN. The maximum absolute atomic E-state index is 11.3. The van der Waals surface area contributed by atoms with Crippen molar-refractivity contribution >= 4 is 11.8 Å². The molecular formula is C7H12N4O2. The number of rotatable bonds is 2. The first-order valence-electron chi connectivity index (χ1n) is 3.70. The fourth-order valence-corrected chi connectivity index (χ4v) is 1.17. The number of aromatic nitrogens is 2. The van der Waals surface area contributed by atoms with Gasteiger partial charge in [-0.2, -0.15) is 5.10 Å². The molecule has 0 bridgehead atoms. The molecule has 1 aromatic heterocycles. The molecule has 0 unspecified atom stereocenters. The Labute approximate surface area is 75.6 Å². The van der Waals surface area contributed by atoms with Crippen molar-refractivity contribution in [1.82, 2.24) is 9.78 Å². The van der Waals surface area contributed by atoms with E-state index in [-0.39, 0.29) is 0 Å². The molecular weight excluding hydrogens is 172 g/mol. The van der Waals surface area contributed by atoms with Gasteiger partial charge in [-0.3, -0.25) is 4.68 Å². The first kappa shape index (κ1) is 9.53.